The van der Waals surface area contributed by atoms with Crippen molar-refractivity contribution in [2.45, 2.75) is 49.0 Å². The highest BCUT2D eigenvalue weighted by atomic mass is 16.6. The third-order valence-electron chi connectivity index (χ3n) is 4.65. The number of carbonyl (C=O) groups excluding carboxylic acids is 2. The number of benzene rings is 2. The van der Waals surface area contributed by atoms with Crippen molar-refractivity contribution in [3.8, 4) is 11.5 Å². The van der Waals surface area contributed by atoms with E-state index in [-0.39, 0.29) is 54.9 Å². The molecule has 0 aliphatic rings. The number of hydrogen-bond donors (Lipinski definition) is 1. The number of aliphatic hydroxyl groups excluding tert-OH is 1. The van der Waals surface area contributed by atoms with E-state index in [1.54, 1.807) is 7.11 Å². The Morgan fingerprint density at radius 2 is 1.16 bits per heavy atom. The van der Waals surface area contributed by atoms with E-state index in [1.807, 2.05) is 24.3 Å². The van der Waals surface area contributed by atoms with E-state index in [1.165, 1.54) is 11.1 Å². The predicted molar refractivity (Wildman–Crippen MR) is 153 cm³/mol. The van der Waals surface area contributed by atoms with Crippen LogP contribution >= 0.6 is 0 Å². The van der Waals surface area contributed by atoms with E-state index in [9.17, 15) is 9.59 Å². The summed E-state index contributed by atoms with van der Waals surface area (Å²) in [5.41, 5.74) is 2.26. The molecule has 0 fully saturated rings. The number of aliphatic hydroxyl groups is 1. The van der Waals surface area contributed by atoms with Gasteiger partial charge in [0.1, 0.15) is 31.3 Å². The summed E-state index contributed by atoms with van der Waals surface area (Å²) >= 11 is 0. The maximum atomic E-state index is 10.9. The molecule has 0 saturated carbocycles. The van der Waals surface area contributed by atoms with Crippen LogP contribution in [0.25, 0.3) is 0 Å². The molecule has 2 aromatic carbocycles. The van der Waals surface area contributed by atoms with Gasteiger partial charge in [0, 0.05) is 17.6 Å². The van der Waals surface area contributed by atoms with E-state index < -0.39 is 11.9 Å². The third-order valence-corrected chi connectivity index (χ3v) is 4.65. The van der Waals surface area contributed by atoms with Crippen LogP contribution in [0.15, 0.2) is 73.8 Å². The first-order valence-corrected chi connectivity index (χ1v) is 10.4. The Balaban J connectivity index is -0.000000397. The Labute approximate surface area is 224 Å². The second-order valence-electron chi connectivity index (χ2n) is 7.19. The Kier molecular flexibility index (Phi) is 23.8. The maximum absolute atomic E-state index is 10.9. The van der Waals surface area contributed by atoms with Gasteiger partial charge in [0.05, 0.1) is 13.7 Å². The Bertz CT molecular complexity index is 885. The van der Waals surface area contributed by atoms with Crippen LogP contribution < -0.4 is 9.47 Å². The molecule has 0 aliphatic carbocycles. The van der Waals surface area contributed by atoms with Crippen LogP contribution in [0.3, 0.4) is 0 Å². The number of hydrogen-bond acceptors (Lipinski definition) is 7. The van der Waals surface area contributed by atoms with Gasteiger partial charge in [0.2, 0.25) is 0 Å². The van der Waals surface area contributed by atoms with Gasteiger partial charge in [-0.15, -0.1) is 0 Å². The Morgan fingerprint density at radius 1 is 0.757 bits per heavy atom. The molecule has 2 rings (SSSR count). The van der Waals surface area contributed by atoms with Crippen molar-refractivity contribution in [1.29, 1.82) is 0 Å². The molecule has 0 spiro atoms. The van der Waals surface area contributed by atoms with Crippen molar-refractivity contribution in [2.24, 2.45) is 0 Å². The molecule has 0 aliphatic heterocycles. The molecule has 1 N–H and O–H groups in total. The van der Waals surface area contributed by atoms with Crippen molar-refractivity contribution in [1.82, 2.24) is 0 Å². The van der Waals surface area contributed by atoms with E-state index >= 15 is 0 Å². The second-order valence-corrected chi connectivity index (χ2v) is 7.19. The van der Waals surface area contributed by atoms with Crippen LogP contribution in [0.4, 0.5) is 0 Å². The highest BCUT2D eigenvalue weighted by Crippen LogP contribution is 2.33. The van der Waals surface area contributed by atoms with Crippen molar-refractivity contribution < 1.29 is 33.6 Å². The molecule has 0 radical (unpaired) electrons. The summed E-state index contributed by atoms with van der Waals surface area (Å²) < 4.78 is 20.0. The van der Waals surface area contributed by atoms with Gasteiger partial charge in [-0.05, 0) is 35.4 Å². The SMILES string of the molecule is C.C.C.C.C=CC(=O)OCCO.C=CC(=O)OCCOc1ccc(C(C)(C)c2ccc(OC)cc2)cc1. The van der Waals surface area contributed by atoms with Gasteiger partial charge < -0.3 is 24.1 Å². The number of methoxy groups -OCH3 is 1. The first-order valence-electron chi connectivity index (χ1n) is 10.4. The number of ether oxygens (including phenoxy) is 4. The standard InChI is InChI=1S/C21H24O4.C5H8O3.4CH4/c1-5-20(22)25-15-14-24-19-12-8-17(9-13-19)21(2,3)16-6-10-18(23-4)11-7-16;1-2-5(7)8-4-3-6;;;;/h5-13H,1,14-15H2,2-4H3;2,6H,1,3-4H2;4*1H4. The maximum Gasteiger partial charge on any atom is 0.330 e. The minimum absolute atomic E-state index is 0. The lowest BCUT2D eigenvalue weighted by Crippen LogP contribution is -2.18. The molecule has 0 unspecified atom stereocenters. The summed E-state index contributed by atoms with van der Waals surface area (Å²) in [5, 5.41) is 8.10. The Hall–Kier alpha value is -3.58. The average molecular weight is 521 g/mol. The molecule has 37 heavy (non-hydrogen) atoms. The molecule has 0 aromatic heterocycles. The highest BCUT2D eigenvalue weighted by Gasteiger charge is 2.23. The molecule has 210 valence electrons. The van der Waals surface area contributed by atoms with Gasteiger partial charge in [-0.2, -0.15) is 0 Å². The van der Waals surface area contributed by atoms with Crippen LogP contribution in [-0.4, -0.2) is 50.6 Å². The molecular weight excluding hydrogens is 472 g/mol. The fourth-order valence-corrected chi connectivity index (χ4v) is 2.71. The molecule has 0 amide bonds. The fraction of sp³-hybridized carbons (Fsp3) is 0.400. The molecular formula is C30H48O7. The van der Waals surface area contributed by atoms with E-state index in [4.69, 9.17) is 19.3 Å². The number of rotatable bonds is 11. The van der Waals surface area contributed by atoms with Crippen LogP contribution in [0.5, 0.6) is 11.5 Å². The van der Waals surface area contributed by atoms with Crippen LogP contribution in [0.1, 0.15) is 54.7 Å². The lowest BCUT2D eigenvalue weighted by atomic mass is 9.78. The van der Waals surface area contributed by atoms with Gasteiger partial charge in [0.15, 0.2) is 0 Å². The molecule has 0 saturated heterocycles. The lowest BCUT2D eigenvalue weighted by molar-refractivity contribution is -0.139. The van der Waals surface area contributed by atoms with Crippen LogP contribution in [-0.2, 0) is 24.5 Å². The van der Waals surface area contributed by atoms with E-state index in [2.05, 4.69) is 56.0 Å². The second kappa shape index (κ2) is 21.7. The van der Waals surface area contributed by atoms with Gasteiger partial charge in [0.25, 0.3) is 0 Å². The topological polar surface area (TPSA) is 91.3 Å². The normalized spacial score (nSPS) is 9.08. The summed E-state index contributed by atoms with van der Waals surface area (Å²) in [6.07, 6.45) is 2.19. The van der Waals surface area contributed by atoms with Crippen molar-refractivity contribution in [3.05, 3.63) is 85.0 Å². The van der Waals surface area contributed by atoms with Gasteiger partial charge >= 0.3 is 11.9 Å². The first-order chi connectivity index (χ1) is 15.8. The minimum Gasteiger partial charge on any atom is -0.497 e. The quantitative estimate of drug-likeness (QED) is 0.209. The monoisotopic (exact) mass is 520 g/mol. The van der Waals surface area contributed by atoms with Gasteiger partial charge in [-0.25, -0.2) is 9.59 Å². The molecule has 0 bridgehead atoms. The van der Waals surface area contributed by atoms with Crippen molar-refractivity contribution >= 4 is 11.9 Å². The molecule has 7 heteroatoms. The van der Waals surface area contributed by atoms with Crippen LogP contribution in [0.2, 0.25) is 0 Å². The highest BCUT2D eigenvalue weighted by molar-refractivity contribution is 5.81. The summed E-state index contributed by atoms with van der Waals surface area (Å²) in [4.78, 5) is 21.1. The summed E-state index contributed by atoms with van der Waals surface area (Å²) in [6.45, 7) is 11.3. The minimum atomic E-state index is -0.501. The Morgan fingerprint density at radius 3 is 1.54 bits per heavy atom. The van der Waals surface area contributed by atoms with Gasteiger partial charge in [-0.3, -0.25) is 0 Å². The smallest absolute Gasteiger partial charge is 0.330 e. The van der Waals surface area contributed by atoms with Gasteiger partial charge in [-0.1, -0.05) is 81.0 Å². The van der Waals surface area contributed by atoms with E-state index in [0.717, 1.165) is 23.7 Å². The lowest BCUT2D eigenvalue weighted by Gasteiger charge is -2.26. The zero-order valence-corrected chi connectivity index (χ0v) is 19.4. The average Bonchev–Trinajstić information content (AvgIpc) is 2.85. The van der Waals surface area contributed by atoms with Crippen molar-refractivity contribution in [3.63, 3.8) is 0 Å². The molecule has 0 atom stereocenters. The zero-order valence-electron chi connectivity index (χ0n) is 19.4. The molecule has 0 heterocycles. The van der Waals surface area contributed by atoms with Crippen molar-refractivity contribution in [2.75, 3.05) is 33.5 Å². The third kappa shape index (κ3) is 14.5. The zero-order chi connectivity index (χ0) is 24.7. The summed E-state index contributed by atoms with van der Waals surface area (Å²) in [6, 6.07) is 16.1. The largest absolute Gasteiger partial charge is 0.497 e. The fourth-order valence-electron chi connectivity index (χ4n) is 2.71. The number of carbonyl (C=O) groups is 2. The molecule has 2 aromatic rings. The van der Waals surface area contributed by atoms with E-state index in [0.29, 0.717) is 6.61 Å². The molecule has 7 nitrogen and oxygen atoms in total. The predicted octanol–water partition coefficient (Wildman–Crippen LogP) is 6.38. The first kappa shape index (κ1) is 40.6. The number of esters is 2. The van der Waals surface area contributed by atoms with Crippen LogP contribution in [0, 0.1) is 0 Å². The summed E-state index contributed by atoms with van der Waals surface area (Å²) in [5.74, 6) is 0.642. The summed E-state index contributed by atoms with van der Waals surface area (Å²) in [7, 11) is 1.66.